The largest absolute Gasteiger partial charge is 0.497 e. The Kier molecular flexibility index (Phi) is 7.23. The second kappa shape index (κ2) is 10.9. The Morgan fingerprint density at radius 2 is 1.62 bits per heavy atom. The van der Waals surface area contributed by atoms with E-state index in [4.69, 9.17) is 14.6 Å². The maximum absolute atomic E-state index is 12.8. The van der Waals surface area contributed by atoms with Crippen LogP contribution in [0.3, 0.4) is 0 Å². The molecule has 2 amide bonds. The smallest absolute Gasteiger partial charge is 0.262 e. The van der Waals surface area contributed by atoms with Crippen molar-refractivity contribution in [1.29, 1.82) is 0 Å². The molecule has 8 nitrogen and oxygen atoms in total. The van der Waals surface area contributed by atoms with Crippen LogP contribution >= 0.6 is 11.8 Å². The fourth-order valence-corrected chi connectivity index (χ4v) is 5.30. The summed E-state index contributed by atoms with van der Waals surface area (Å²) < 4.78 is 10.6. The fourth-order valence-electron chi connectivity index (χ4n) is 4.24. The third kappa shape index (κ3) is 5.51. The first-order chi connectivity index (χ1) is 18.0. The molecule has 0 saturated carbocycles. The zero-order chi connectivity index (χ0) is 25.8. The highest BCUT2D eigenvalue weighted by atomic mass is 32.2. The minimum atomic E-state index is -0.601. The normalized spacial score (nSPS) is 18.9. The number of nitrogens with one attached hydrogen (secondary N) is 1. The van der Waals surface area contributed by atoms with Gasteiger partial charge in [0, 0.05) is 18.5 Å². The average Bonchev–Trinajstić information content (AvgIpc) is 3.53. The monoisotopic (exact) mass is 514 g/mol. The molecule has 2 aliphatic heterocycles. The van der Waals surface area contributed by atoms with Crippen molar-refractivity contribution < 1.29 is 19.1 Å². The van der Waals surface area contributed by atoms with Crippen LogP contribution < -0.4 is 14.8 Å². The van der Waals surface area contributed by atoms with E-state index in [9.17, 15) is 9.59 Å². The quantitative estimate of drug-likeness (QED) is 0.483. The Labute approximate surface area is 219 Å². The summed E-state index contributed by atoms with van der Waals surface area (Å²) in [4.78, 5) is 29.7. The van der Waals surface area contributed by atoms with Crippen LogP contribution in [0.15, 0.2) is 89.0 Å². The van der Waals surface area contributed by atoms with Gasteiger partial charge in [0.15, 0.2) is 5.17 Å². The lowest BCUT2D eigenvalue weighted by Gasteiger charge is -2.23. The highest BCUT2D eigenvalue weighted by Crippen LogP contribution is 2.39. The molecule has 0 aromatic heterocycles. The van der Waals surface area contributed by atoms with Gasteiger partial charge in [-0.3, -0.25) is 9.59 Å². The summed E-state index contributed by atoms with van der Waals surface area (Å²) in [5.41, 5.74) is 3.56. The van der Waals surface area contributed by atoms with Gasteiger partial charge < -0.3 is 14.8 Å². The van der Waals surface area contributed by atoms with Crippen molar-refractivity contribution in [3.05, 3.63) is 90.0 Å². The van der Waals surface area contributed by atoms with E-state index in [1.807, 2.05) is 78.9 Å². The second-order valence-electron chi connectivity index (χ2n) is 8.57. The van der Waals surface area contributed by atoms with Gasteiger partial charge in [0.25, 0.3) is 5.91 Å². The van der Waals surface area contributed by atoms with Crippen LogP contribution in [-0.2, 0) is 9.59 Å². The topological polar surface area (TPSA) is 92.6 Å². The van der Waals surface area contributed by atoms with E-state index in [-0.39, 0.29) is 24.3 Å². The standard InChI is InChI=1S/C28H26N4O4S/c1-35-21-12-8-18(9-13-21)23-16-24(19-10-14-22(36-2)15-11-19)32(31-23)28-30-27(34)25(37-28)17-26(33)29-20-6-4-3-5-7-20/h3-15,24-25H,16-17H2,1-2H3,(H,29,33). The minimum absolute atomic E-state index is 0.0293. The summed E-state index contributed by atoms with van der Waals surface area (Å²) in [6.45, 7) is 0. The van der Waals surface area contributed by atoms with E-state index < -0.39 is 5.25 Å². The number of carbonyl (C=O) groups is 2. The molecule has 2 heterocycles. The Balaban J connectivity index is 1.36. The van der Waals surface area contributed by atoms with E-state index in [0.29, 0.717) is 17.3 Å². The third-order valence-electron chi connectivity index (χ3n) is 6.19. The van der Waals surface area contributed by atoms with Gasteiger partial charge in [0.2, 0.25) is 5.91 Å². The first kappa shape index (κ1) is 24.6. The number of methoxy groups -OCH3 is 2. The van der Waals surface area contributed by atoms with Crippen LogP contribution in [0.1, 0.15) is 30.0 Å². The molecule has 0 spiro atoms. The van der Waals surface area contributed by atoms with E-state index in [1.165, 1.54) is 11.8 Å². The van der Waals surface area contributed by atoms with Crippen LogP contribution in [0.2, 0.25) is 0 Å². The molecular weight excluding hydrogens is 488 g/mol. The lowest BCUT2D eigenvalue weighted by atomic mass is 9.98. The van der Waals surface area contributed by atoms with Gasteiger partial charge in [-0.1, -0.05) is 42.1 Å². The molecule has 9 heteroatoms. The number of hydrogen-bond donors (Lipinski definition) is 1. The zero-order valence-corrected chi connectivity index (χ0v) is 21.3. The number of carbonyl (C=O) groups excluding carboxylic acids is 2. The number of benzene rings is 3. The maximum Gasteiger partial charge on any atom is 0.262 e. The molecular formula is C28H26N4O4S. The van der Waals surface area contributed by atoms with Crippen LogP contribution in [0.5, 0.6) is 11.5 Å². The van der Waals surface area contributed by atoms with Crippen molar-refractivity contribution in [3.63, 3.8) is 0 Å². The molecule has 188 valence electrons. The van der Waals surface area contributed by atoms with Gasteiger partial charge in [-0.2, -0.15) is 10.1 Å². The van der Waals surface area contributed by atoms with E-state index in [2.05, 4.69) is 10.3 Å². The Morgan fingerprint density at radius 3 is 2.27 bits per heavy atom. The summed E-state index contributed by atoms with van der Waals surface area (Å²) in [5, 5.41) is 9.42. The molecule has 2 aliphatic rings. The molecule has 0 saturated heterocycles. The molecule has 5 rings (SSSR count). The van der Waals surface area contributed by atoms with Crippen molar-refractivity contribution >= 4 is 40.1 Å². The van der Waals surface area contributed by atoms with Crippen molar-refractivity contribution in [2.45, 2.75) is 24.1 Å². The SMILES string of the molecule is COc1ccc(C2=NN(C3=NC(=O)C(CC(=O)Nc4ccccc4)S3)C(c3ccc(OC)cc3)C2)cc1. The number of para-hydroxylation sites is 1. The fraction of sp³-hybridized carbons (Fsp3) is 0.214. The predicted molar refractivity (Wildman–Crippen MR) is 145 cm³/mol. The molecule has 3 aromatic carbocycles. The molecule has 2 unspecified atom stereocenters. The van der Waals surface area contributed by atoms with Gasteiger partial charge in [-0.25, -0.2) is 5.01 Å². The zero-order valence-electron chi connectivity index (χ0n) is 20.5. The van der Waals surface area contributed by atoms with Crippen LogP contribution in [0.4, 0.5) is 5.69 Å². The van der Waals surface area contributed by atoms with Crippen LogP contribution in [0.25, 0.3) is 0 Å². The molecule has 3 aromatic rings. The highest BCUT2D eigenvalue weighted by Gasteiger charge is 2.39. The first-order valence-corrected chi connectivity index (χ1v) is 12.7. The number of ether oxygens (including phenoxy) is 2. The molecule has 1 N–H and O–H groups in total. The number of rotatable bonds is 7. The van der Waals surface area contributed by atoms with Crippen LogP contribution in [0, 0.1) is 0 Å². The molecule has 0 bridgehead atoms. The van der Waals surface area contributed by atoms with Crippen LogP contribution in [-0.4, -0.2) is 47.2 Å². The third-order valence-corrected chi connectivity index (χ3v) is 7.33. The summed E-state index contributed by atoms with van der Waals surface area (Å²) in [6.07, 6.45) is 0.660. The number of hydrazone groups is 1. The van der Waals surface area contributed by atoms with Crippen molar-refractivity contribution in [2.75, 3.05) is 19.5 Å². The minimum Gasteiger partial charge on any atom is -0.497 e. The molecule has 0 aliphatic carbocycles. The number of nitrogens with zero attached hydrogens (tertiary/aromatic N) is 3. The average molecular weight is 515 g/mol. The second-order valence-corrected chi connectivity index (χ2v) is 9.74. The predicted octanol–water partition coefficient (Wildman–Crippen LogP) is 4.88. The Morgan fingerprint density at radius 1 is 0.973 bits per heavy atom. The van der Waals surface area contributed by atoms with Crippen molar-refractivity contribution in [3.8, 4) is 11.5 Å². The molecule has 2 atom stereocenters. The van der Waals surface area contributed by atoms with Gasteiger partial charge in [0.05, 0.1) is 26.0 Å². The summed E-state index contributed by atoms with van der Waals surface area (Å²) >= 11 is 1.28. The molecule has 37 heavy (non-hydrogen) atoms. The van der Waals surface area contributed by atoms with Crippen molar-refractivity contribution in [2.24, 2.45) is 10.1 Å². The number of amides is 2. The van der Waals surface area contributed by atoms with Gasteiger partial charge in [-0.15, -0.1) is 0 Å². The Hall–Kier alpha value is -4.11. The van der Waals surface area contributed by atoms with E-state index in [0.717, 1.165) is 28.3 Å². The summed E-state index contributed by atoms with van der Waals surface area (Å²) in [5.74, 6) is 0.967. The number of anilines is 1. The number of amidine groups is 1. The van der Waals surface area contributed by atoms with Gasteiger partial charge in [-0.05, 0) is 59.7 Å². The molecule has 0 radical (unpaired) electrons. The van der Waals surface area contributed by atoms with Crippen molar-refractivity contribution in [1.82, 2.24) is 5.01 Å². The van der Waals surface area contributed by atoms with Gasteiger partial charge in [0.1, 0.15) is 16.7 Å². The number of hydrogen-bond acceptors (Lipinski definition) is 7. The number of aliphatic imine (C=N–C) groups is 1. The lowest BCUT2D eigenvalue weighted by molar-refractivity contribution is -0.121. The number of thioether (sulfide) groups is 1. The summed E-state index contributed by atoms with van der Waals surface area (Å²) in [6, 6.07) is 24.6. The van der Waals surface area contributed by atoms with E-state index >= 15 is 0 Å². The highest BCUT2D eigenvalue weighted by molar-refractivity contribution is 8.15. The van der Waals surface area contributed by atoms with Gasteiger partial charge >= 0.3 is 0 Å². The lowest BCUT2D eigenvalue weighted by Crippen LogP contribution is -2.25. The Bertz CT molecular complexity index is 1340. The first-order valence-electron chi connectivity index (χ1n) is 11.8. The molecule has 0 fully saturated rings. The van der Waals surface area contributed by atoms with E-state index in [1.54, 1.807) is 19.2 Å². The summed E-state index contributed by atoms with van der Waals surface area (Å²) in [7, 11) is 3.26. The maximum atomic E-state index is 12.8.